The molecule has 14 heavy (non-hydrogen) atoms. The molecule has 1 saturated heterocycles. The molecule has 0 aromatic heterocycles. The molecular formula is C12H20AlN. The first-order valence-corrected chi connectivity index (χ1v) is 5.76. The average Bonchev–Trinajstić information content (AvgIpc) is 2.22. The van der Waals surface area contributed by atoms with Gasteiger partial charge in [0.05, 0.1) is 0 Å². The van der Waals surface area contributed by atoms with Crippen LogP contribution in [-0.2, 0) is 0 Å². The van der Waals surface area contributed by atoms with Crippen molar-refractivity contribution >= 4 is 16.5 Å². The summed E-state index contributed by atoms with van der Waals surface area (Å²) in [5.41, 5.74) is 2.86. The van der Waals surface area contributed by atoms with E-state index in [-0.39, 0.29) is 0 Å². The van der Waals surface area contributed by atoms with Crippen molar-refractivity contribution in [3.63, 3.8) is 0 Å². The van der Waals surface area contributed by atoms with Crippen LogP contribution in [0.1, 0.15) is 27.2 Å². The molecule has 0 spiro atoms. The lowest BCUT2D eigenvalue weighted by Gasteiger charge is -2.28. The SMILES string of the molecule is C=C/C=C1/C[N]([Al])CC/C1=C/C.CC. The van der Waals surface area contributed by atoms with Crippen molar-refractivity contribution in [2.24, 2.45) is 0 Å². The Balaban J connectivity index is 0.000000791. The Morgan fingerprint density at radius 2 is 2.00 bits per heavy atom. The molecule has 0 saturated carbocycles. The second kappa shape index (κ2) is 8.06. The molecule has 0 N–H and O–H groups in total. The molecule has 0 amide bonds. The van der Waals surface area contributed by atoms with Crippen LogP contribution in [0.4, 0.5) is 0 Å². The van der Waals surface area contributed by atoms with E-state index < -0.39 is 0 Å². The van der Waals surface area contributed by atoms with E-state index in [1.807, 2.05) is 19.9 Å². The molecule has 0 aromatic rings. The van der Waals surface area contributed by atoms with Crippen LogP contribution < -0.4 is 0 Å². The van der Waals surface area contributed by atoms with E-state index in [9.17, 15) is 0 Å². The summed E-state index contributed by atoms with van der Waals surface area (Å²) in [4.78, 5) is 0. The summed E-state index contributed by atoms with van der Waals surface area (Å²) >= 11 is 2.75. The topological polar surface area (TPSA) is 3.24 Å². The third-order valence-electron chi connectivity index (χ3n) is 2.12. The van der Waals surface area contributed by atoms with Crippen molar-refractivity contribution in [2.75, 3.05) is 13.1 Å². The molecule has 0 atom stereocenters. The molecule has 1 nitrogen and oxygen atoms in total. The maximum Gasteiger partial charge on any atom is 0.256 e. The monoisotopic (exact) mass is 205 g/mol. The zero-order valence-corrected chi connectivity index (χ0v) is 10.7. The lowest BCUT2D eigenvalue weighted by molar-refractivity contribution is 0.466. The Kier molecular flexibility index (Phi) is 7.89. The van der Waals surface area contributed by atoms with Gasteiger partial charge in [0.2, 0.25) is 0 Å². The number of hydrogen-bond acceptors (Lipinski definition) is 1. The highest BCUT2D eigenvalue weighted by atomic mass is 27.1. The molecule has 1 rings (SSSR count). The standard InChI is InChI=1S/C10H14N.C2H6.Al/c1-3-5-10-8-11-7-6-9(10)4-2;1-2;/h3-5H,1,6-8H2,2H3;1-2H3;/q-1;;+1/b9-4-,10-5-;;. The molecule has 2 heteroatoms. The Labute approximate surface area is 96.8 Å². The molecule has 1 aliphatic heterocycles. The van der Waals surface area contributed by atoms with Gasteiger partial charge >= 0.3 is 0 Å². The van der Waals surface area contributed by atoms with Gasteiger partial charge in [0.15, 0.2) is 0 Å². The lowest BCUT2D eigenvalue weighted by Crippen LogP contribution is -2.29. The van der Waals surface area contributed by atoms with Crippen molar-refractivity contribution in [3.05, 3.63) is 36.0 Å². The third kappa shape index (κ3) is 4.28. The van der Waals surface area contributed by atoms with E-state index in [0.29, 0.717) is 0 Å². The Bertz CT molecular complexity index is 228. The first-order valence-electron chi connectivity index (χ1n) is 5.24. The first-order chi connectivity index (χ1) is 6.77. The van der Waals surface area contributed by atoms with Crippen LogP contribution in [-0.4, -0.2) is 33.5 Å². The molecule has 0 unspecified atom stereocenters. The van der Waals surface area contributed by atoms with Crippen LogP contribution >= 0.6 is 0 Å². The molecule has 0 aromatic carbocycles. The van der Waals surface area contributed by atoms with E-state index in [1.165, 1.54) is 11.1 Å². The van der Waals surface area contributed by atoms with Gasteiger partial charge in [-0.1, -0.05) is 38.7 Å². The van der Waals surface area contributed by atoms with Gasteiger partial charge in [0, 0.05) is 6.54 Å². The fraction of sp³-hybridized carbons (Fsp3) is 0.500. The van der Waals surface area contributed by atoms with Gasteiger partial charge in [0.25, 0.3) is 16.5 Å². The van der Waals surface area contributed by atoms with Crippen molar-refractivity contribution in [3.8, 4) is 0 Å². The van der Waals surface area contributed by atoms with E-state index >= 15 is 0 Å². The van der Waals surface area contributed by atoms with Crippen molar-refractivity contribution < 1.29 is 0 Å². The molecule has 1 aliphatic rings. The smallest absolute Gasteiger partial charge is 0.256 e. The molecular weight excluding hydrogens is 185 g/mol. The first kappa shape index (κ1) is 13.7. The van der Waals surface area contributed by atoms with Crippen LogP contribution in [0.2, 0.25) is 0 Å². The normalized spacial score (nSPS) is 23.1. The molecule has 2 radical (unpaired) electrons. The summed E-state index contributed by atoms with van der Waals surface area (Å²) in [6, 6.07) is 0. The Morgan fingerprint density at radius 1 is 1.36 bits per heavy atom. The highest BCUT2D eigenvalue weighted by molar-refractivity contribution is 6.04. The van der Waals surface area contributed by atoms with Crippen molar-refractivity contribution in [1.29, 1.82) is 0 Å². The minimum atomic E-state index is 1.02. The van der Waals surface area contributed by atoms with Gasteiger partial charge in [0.1, 0.15) is 0 Å². The fourth-order valence-corrected chi connectivity index (χ4v) is 1.78. The fourth-order valence-electron chi connectivity index (χ4n) is 1.46. The highest BCUT2D eigenvalue weighted by Gasteiger charge is 2.12. The van der Waals surface area contributed by atoms with Gasteiger partial charge < -0.3 is 3.88 Å². The van der Waals surface area contributed by atoms with Crippen LogP contribution in [0.3, 0.4) is 0 Å². The molecule has 76 valence electrons. The van der Waals surface area contributed by atoms with Gasteiger partial charge in [-0.3, -0.25) is 0 Å². The summed E-state index contributed by atoms with van der Waals surface area (Å²) in [6.45, 7) is 12.0. The van der Waals surface area contributed by atoms with Gasteiger partial charge in [-0.15, -0.1) is 0 Å². The third-order valence-corrected chi connectivity index (χ3v) is 2.56. The summed E-state index contributed by atoms with van der Waals surface area (Å²) in [5, 5.41) is 0. The predicted octanol–water partition coefficient (Wildman–Crippen LogP) is 2.86. The van der Waals surface area contributed by atoms with E-state index in [1.54, 1.807) is 0 Å². The van der Waals surface area contributed by atoms with E-state index in [4.69, 9.17) is 0 Å². The summed E-state index contributed by atoms with van der Waals surface area (Å²) in [5.74, 6) is 0. The molecule has 1 heterocycles. The maximum atomic E-state index is 3.72. The summed E-state index contributed by atoms with van der Waals surface area (Å²) in [6.07, 6.45) is 7.32. The van der Waals surface area contributed by atoms with Gasteiger partial charge in [-0.05, 0) is 31.0 Å². The van der Waals surface area contributed by atoms with Crippen LogP contribution in [0.5, 0.6) is 0 Å². The maximum absolute atomic E-state index is 3.72. The Hall–Kier alpha value is -0.288. The second-order valence-electron chi connectivity index (χ2n) is 2.96. The predicted molar refractivity (Wildman–Crippen MR) is 65.3 cm³/mol. The number of rotatable bonds is 1. The van der Waals surface area contributed by atoms with Crippen molar-refractivity contribution in [1.82, 2.24) is 3.88 Å². The minimum Gasteiger partial charge on any atom is -0.399 e. The van der Waals surface area contributed by atoms with Crippen LogP contribution in [0.25, 0.3) is 0 Å². The van der Waals surface area contributed by atoms with Gasteiger partial charge in [-0.2, -0.15) is 0 Å². The quantitative estimate of drug-likeness (QED) is 0.595. The second-order valence-corrected chi connectivity index (χ2v) is 3.69. The van der Waals surface area contributed by atoms with E-state index in [0.717, 1.165) is 19.5 Å². The number of hydrogen-bond donors (Lipinski definition) is 0. The van der Waals surface area contributed by atoms with Crippen molar-refractivity contribution in [2.45, 2.75) is 27.2 Å². The number of nitrogens with zero attached hydrogens (tertiary/aromatic N) is 1. The number of allylic oxidation sites excluding steroid dienone is 3. The average molecular weight is 205 g/mol. The van der Waals surface area contributed by atoms with Gasteiger partial charge in [-0.25, -0.2) is 0 Å². The lowest BCUT2D eigenvalue weighted by atomic mass is 9.99. The molecule has 1 fully saturated rings. The highest BCUT2D eigenvalue weighted by Crippen LogP contribution is 2.20. The van der Waals surface area contributed by atoms with E-state index in [2.05, 4.69) is 46.0 Å². The minimum absolute atomic E-state index is 1.02. The molecule has 0 aliphatic carbocycles. The number of piperidine rings is 1. The zero-order valence-electron chi connectivity index (χ0n) is 9.59. The summed E-state index contributed by atoms with van der Waals surface area (Å²) in [7, 11) is 0. The molecule has 0 bridgehead atoms. The van der Waals surface area contributed by atoms with Crippen LogP contribution in [0.15, 0.2) is 36.0 Å². The Morgan fingerprint density at radius 3 is 2.50 bits per heavy atom. The zero-order chi connectivity index (χ0) is 11.0. The summed E-state index contributed by atoms with van der Waals surface area (Å²) < 4.78 is 2.25. The largest absolute Gasteiger partial charge is 0.399 e. The van der Waals surface area contributed by atoms with Crippen LogP contribution in [0, 0.1) is 0 Å².